The normalized spacial score (nSPS) is 13.0. The number of carboxylic acids is 1. The zero-order chi connectivity index (χ0) is 17.2. The minimum absolute atomic E-state index is 0.249. The highest BCUT2D eigenvalue weighted by Gasteiger charge is 2.36. The Labute approximate surface area is 129 Å². The Hall–Kier alpha value is -2.51. The average Bonchev–Trinajstić information content (AvgIpc) is 2.73. The molecule has 1 aromatic carbocycles. The van der Waals surface area contributed by atoms with Crippen LogP contribution in [0.4, 0.5) is 13.2 Å². The van der Waals surface area contributed by atoms with E-state index in [1.807, 2.05) is 23.5 Å². The van der Waals surface area contributed by atoms with E-state index in [0.717, 1.165) is 16.6 Å². The number of carboxylic acid groups (broad SMARTS) is 1. The number of para-hydroxylation sites is 1. The summed E-state index contributed by atoms with van der Waals surface area (Å²) in [6.07, 6.45) is -6.29. The minimum Gasteiger partial charge on any atom is -0.480 e. The van der Waals surface area contributed by atoms with Crippen LogP contribution in [0, 0.1) is 6.92 Å². The first kappa shape index (κ1) is 16.9. The summed E-state index contributed by atoms with van der Waals surface area (Å²) in [7, 11) is 0. The summed E-state index contributed by atoms with van der Waals surface area (Å²) in [4.78, 5) is 22.8. The molecule has 0 fully saturated rings. The second-order valence-electron chi connectivity index (χ2n) is 5.21. The number of hydrogen-bond acceptors (Lipinski definition) is 2. The molecular weight excluding hydrogens is 313 g/mol. The van der Waals surface area contributed by atoms with Gasteiger partial charge in [0.25, 0.3) is 0 Å². The van der Waals surface area contributed by atoms with Gasteiger partial charge in [0.15, 0.2) is 0 Å². The molecule has 124 valence electrons. The van der Waals surface area contributed by atoms with E-state index in [2.05, 4.69) is 0 Å². The molecule has 0 aliphatic rings. The highest BCUT2D eigenvalue weighted by Crippen LogP contribution is 2.22. The Morgan fingerprint density at radius 2 is 1.96 bits per heavy atom. The molecule has 0 saturated carbocycles. The number of nitrogens with one attached hydrogen (secondary N) is 1. The molecule has 1 atom stereocenters. The zero-order valence-corrected chi connectivity index (χ0v) is 12.2. The molecular formula is C15H15F3N2O3. The molecule has 0 spiro atoms. The smallest absolute Gasteiger partial charge is 0.391 e. The lowest BCUT2D eigenvalue weighted by atomic mass is 10.2. The summed E-state index contributed by atoms with van der Waals surface area (Å²) in [5.41, 5.74) is 1.51. The molecule has 1 amide bonds. The van der Waals surface area contributed by atoms with Crippen molar-refractivity contribution in [3.05, 3.63) is 36.0 Å². The lowest BCUT2D eigenvalue weighted by Crippen LogP contribution is -2.44. The maximum Gasteiger partial charge on any atom is 0.391 e. The standard InChI is InChI=1S/C15H15F3N2O3/c1-9-6-10-4-2-3-5-12(10)20(9)8-13(21)19-11(14(22)23)7-15(16,17)18/h2-6,11H,7-8H2,1H3,(H,19,21)(H,22,23). The number of alkyl halides is 3. The van der Waals surface area contributed by atoms with Gasteiger partial charge in [0, 0.05) is 11.2 Å². The molecule has 1 unspecified atom stereocenters. The Balaban J connectivity index is 2.14. The van der Waals surface area contributed by atoms with Gasteiger partial charge in [0.2, 0.25) is 5.91 Å². The van der Waals surface area contributed by atoms with Crippen molar-refractivity contribution in [2.75, 3.05) is 0 Å². The van der Waals surface area contributed by atoms with Crippen LogP contribution in [-0.4, -0.2) is 33.8 Å². The third-order valence-electron chi connectivity index (χ3n) is 3.39. The van der Waals surface area contributed by atoms with E-state index in [0.29, 0.717) is 0 Å². The molecule has 0 aliphatic carbocycles. The lowest BCUT2D eigenvalue weighted by molar-refractivity contribution is -0.160. The number of carbonyl (C=O) groups excluding carboxylic acids is 1. The second-order valence-corrected chi connectivity index (χ2v) is 5.21. The number of aryl methyl sites for hydroxylation is 1. The van der Waals surface area contributed by atoms with Crippen LogP contribution in [0.1, 0.15) is 12.1 Å². The van der Waals surface area contributed by atoms with Crippen molar-refractivity contribution >= 4 is 22.8 Å². The predicted octanol–water partition coefficient (Wildman–Crippen LogP) is 2.47. The van der Waals surface area contributed by atoms with E-state index in [1.54, 1.807) is 23.6 Å². The number of rotatable bonds is 5. The van der Waals surface area contributed by atoms with Crippen molar-refractivity contribution in [1.29, 1.82) is 0 Å². The molecule has 2 rings (SSSR count). The summed E-state index contributed by atoms with van der Waals surface area (Å²) in [6.45, 7) is 1.51. The molecule has 0 saturated heterocycles. The number of halogens is 3. The highest BCUT2D eigenvalue weighted by atomic mass is 19.4. The Kier molecular flexibility index (Phi) is 4.63. The first-order valence-corrected chi connectivity index (χ1v) is 6.81. The van der Waals surface area contributed by atoms with E-state index in [9.17, 15) is 22.8 Å². The fourth-order valence-corrected chi connectivity index (χ4v) is 2.37. The third kappa shape index (κ3) is 4.24. The van der Waals surface area contributed by atoms with Gasteiger partial charge >= 0.3 is 12.1 Å². The van der Waals surface area contributed by atoms with Gasteiger partial charge in [-0.3, -0.25) is 4.79 Å². The molecule has 2 N–H and O–H groups in total. The van der Waals surface area contributed by atoms with Crippen LogP contribution in [0.15, 0.2) is 30.3 Å². The SMILES string of the molecule is Cc1cc2ccccc2n1CC(=O)NC(CC(F)(F)F)C(=O)O. The molecule has 0 bridgehead atoms. The fourth-order valence-electron chi connectivity index (χ4n) is 2.37. The van der Waals surface area contributed by atoms with Crippen molar-refractivity contribution in [1.82, 2.24) is 9.88 Å². The zero-order valence-electron chi connectivity index (χ0n) is 12.2. The molecule has 0 radical (unpaired) electrons. The van der Waals surface area contributed by atoms with Crippen molar-refractivity contribution < 1.29 is 27.9 Å². The molecule has 23 heavy (non-hydrogen) atoms. The number of carbonyl (C=O) groups is 2. The molecule has 0 aliphatic heterocycles. The fraction of sp³-hybridized carbons (Fsp3) is 0.333. The van der Waals surface area contributed by atoms with Crippen LogP contribution in [0.25, 0.3) is 10.9 Å². The maximum atomic E-state index is 12.3. The van der Waals surface area contributed by atoms with Crippen LogP contribution >= 0.6 is 0 Å². The maximum absolute atomic E-state index is 12.3. The second kappa shape index (κ2) is 6.31. The summed E-state index contributed by atoms with van der Waals surface area (Å²) in [5, 5.41) is 11.6. The van der Waals surface area contributed by atoms with E-state index >= 15 is 0 Å². The van der Waals surface area contributed by atoms with Crippen molar-refractivity contribution in [2.45, 2.75) is 32.1 Å². The number of hydrogen-bond donors (Lipinski definition) is 2. The average molecular weight is 328 g/mol. The number of nitrogens with zero attached hydrogens (tertiary/aromatic N) is 1. The van der Waals surface area contributed by atoms with Crippen LogP contribution in [-0.2, 0) is 16.1 Å². The van der Waals surface area contributed by atoms with Crippen molar-refractivity contribution in [3.8, 4) is 0 Å². The number of amides is 1. The van der Waals surface area contributed by atoms with Gasteiger partial charge < -0.3 is 15.0 Å². The topological polar surface area (TPSA) is 71.3 Å². The van der Waals surface area contributed by atoms with E-state index in [4.69, 9.17) is 5.11 Å². The van der Waals surface area contributed by atoms with Crippen LogP contribution in [0.3, 0.4) is 0 Å². The molecule has 1 heterocycles. The van der Waals surface area contributed by atoms with Crippen molar-refractivity contribution in [2.24, 2.45) is 0 Å². The molecule has 2 aromatic rings. The third-order valence-corrected chi connectivity index (χ3v) is 3.39. The summed E-state index contributed by atoms with van der Waals surface area (Å²) in [6, 6.07) is 7.08. The van der Waals surface area contributed by atoms with E-state index in [1.165, 1.54) is 0 Å². The quantitative estimate of drug-likeness (QED) is 0.886. The Morgan fingerprint density at radius 1 is 1.30 bits per heavy atom. The predicted molar refractivity (Wildman–Crippen MR) is 76.9 cm³/mol. The van der Waals surface area contributed by atoms with Crippen molar-refractivity contribution in [3.63, 3.8) is 0 Å². The number of fused-ring (bicyclic) bond motifs is 1. The highest BCUT2D eigenvalue weighted by molar-refractivity contribution is 5.86. The monoisotopic (exact) mass is 328 g/mol. The number of aliphatic carboxylic acids is 1. The molecule has 8 heteroatoms. The van der Waals surface area contributed by atoms with Gasteiger partial charge in [-0.05, 0) is 24.4 Å². The summed E-state index contributed by atoms with van der Waals surface area (Å²) >= 11 is 0. The van der Waals surface area contributed by atoms with Gasteiger partial charge in [0.05, 0.1) is 6.42 Å². The first-order valence-electron chi connectivity index (χ1n) is 6.81. The lowest BCUT2D eigenvalue weighted by Gasteiger charge is -2.17. The van der Waals surface area contributed by atoms with Crippen LogP contribution in [0.5, 0.6) is 0 Å². The first-order chi connectivity index (χ1) is 10.7. The van der Waals surface area contributed by atoms with Gasteiger partial charge in [-0.25, -0.2) is 4.79 Å². The summed E-state index contributed by atoms with van der Waals surface area (Å²) in [5.74, 6) is -2.50. The summed E-state index contributed by atoms with van der Waals surface area (Å²) < 4.78 is 38.7. The van der Waals surface area contributed by atoms with Gasteiger partial charge in [-0.1, -0.05) is 18.2 Å². The van der Waals surface area contributed by atoms with Crippen LogP contribution < -0.4 is 5.32 Å². The van der Waals surface area contributed by atoms with Crippen LogP contribution in [0.2, 0.25) is 0 Å². The molecule has 1 aromatic heterocycles. The Morgan fingerprint density at radius 3 is 2.57 bits per heavy atom. The number of benzene rings is 1. The largest absolute Gasteiger partial charge is 0.480 e. The van der Waals surface area contributed by atoms with Gasteiger partial charge in [0.1, 0.15) is 12.6 Å². The number of aromatic nitrogens is 1. The van der Waals surface area contributed by atoms with Gasteiger partial charge in [-0.2, -0.15) is 13.2 Å². The van der Waals surface area contributed by atoms with E-state index in [-0.39, 0.29) is 6.54 Å². The Bertz CT molecular complexity index is 737. The minimum atomic E-state index is -4.67. The van der Waals surface area contributed by atoms with Gasteiger partial charge in [-0.15, -0.1) is 0 Å². The van der Waals surface area contributed by atoms with E-state index < -0.39 is 30.5 Å². The molecule has 5 nitrogen and oxygen atoms in total.